The van der Waals surface area contributed by atoms with Gasteiger partial charge in [0.05, 0.1) is 81.8 Å². The third-order valence-corrected chi connectivity index (χ3v) is 27.0. The normalized spacial score (nSPS) is 18.3. The van der Waals surface area contributed by atoms with Crippen molar-refractivity contribution in [3.63, 3.8) is 0 Å². The molecule has 1 N–H and O–H groups in total. The number of carboxylic acid groups (broad SMARTS) is 1. The highest BCUT2D eigenvalue weighted by Gasteiger charge is 2.54. The number of ketones is 3. The minimum Gasteiger partial charge on any atom is -0.497 e. The molecule has 0 aromatic heterocycles. The number of Topliss-reactive ketones (excluding diaryl/α,β-unsaturated/α-hetero) is 3. The maximum atomic E-state index is 13.6. The van der Waals surface area contributed by atoms with Crippen molar-refractivity contribution >= 4 is 62.7 Å². The van der Waals surface area contributed by atoms with E-state index in [2.05, 4.69) is 41.9 Å². The topological polar surface area (TPSA) is 316 Å². The summed E-state index contributed by atoms with van der Waals surface area (Å²) in [6.07, 6.45) is 2.76. The lowest BCUT2D eigenvalue weighted by molar-refractivity contribution is -0.143. The molecule has 29 nitrogen and oxygen atoms in total. The van der Waals surface area contributed by atoms with Gasteiger partial charge in [0, 0.05) is 82.7 Å². The Kier molecular flexibility index (Phi) is 37.3. The standard InChI is InChI=1S/C24H27NO7.C24H29NO5.C24H27NO5.C19H20O4.C10H9BrO3.C10H12O2/c1-3-30-12-4-11-25-22(15-5-8-17(29-2)9-6-15)21(24(27)28)20(23(25)26)16-7-10-18-19(13-16)32-14-31-18;2*1-4-28-13-5-12-25-23(17-6-9-19(27-3)10-7-17)16(2)22(24(25)26)18-8-11-20-21(14-18)30-15-29-20;1-12(15-6-9-17-18(10-15)23-11-22-17)13(2)19(20)14-4-7-16(21-3)8-5-14;1-6(12)10(11)7-2-3-8-9(4-7)14-5-13-8;1-3-10(11)8-4-6-9(12-2)7-5-8/h5-10,13,20-22H,3-4,11-12,14H2,1-2H3,(H,27,28);6-11,14,16,22-23H,4-5,12-13,15H2,1-3H3;6-11,14,22H,4-5,12-13,15H2,1-3H3;4-10,12-13H,11H2,1-3H3;2-4,10H,5H2,1H3;4-7H,3H2,1-2H3/t20-,21-,22+;;;;;/m1...../s1. The monoisotopic (exact) mass is 1990 g/mol. The third kappa shape index (κ3) is 25.3. The number of benzene rings is 10. The highest BCUT2D eigenvalue weighted by molar-refractivity contribution is 9.09. The Labute approximate surface area is 831 Å². The van der Waals surface area contributed by atoms with Crippen molar-refractivity contribution in [2.75, 3.05) is 129 Å². The quantitative estimate of drug-likeness (QED) is 0.0219. The molecular formula is C111H124BrN3O26. The van der Waals surface area contributed by atoms with Gasteiger partial charge in [-0.25, -0.2) is 0 Å². The van der Waals surface area contributed by atoms with E-state index in [1.165, 1.54) is 0 Å². The number of aliphatic carboxylic acids is 1. The van der Waals surface area contributed by atoms with Crippen molar-refractivity contribution < 1.29 is 124 Å². The second-order valence-corrected chi connectivity index (χ2v) is 35.1. The summed E-state index contributed by atoms with van der Waals surface area (Å²) in [6.45, 7) is 24.0. The van der Waals surface area contributed by atoms with Crippen molar-refractivity contribution in [1.82, 2.24) is 14.7 Å². The van der Waals surface area contributed by atoms with Crippen molar-refractivity contribution in [2.24, 2.45) is 17.8 Å². The van der Waals surface area contributed by atoms with Gasteiger partial charge in [0.1, 0.15) is 34.5 Å². The second-order valence-electron chi connectivity index (χ2n) is 34.2. The molecule has 10 aromatic carbocycles. The van der Waals surface area contributed by atoms with E-state index in [0.29, 0.717) is 118 Å². The Hall–Kier alpha value is -13.8. The minimum absolute atomic E-state index is 0.000422. The average molecular weight is 2000 g/mol. The van der Waals surface area contributed by atoms with Crippen LogP contribution in [0.5, 0.6) is 86.2 Å². The summed E-state index contributed by atoms with van der Waals surface area (Å²) in [5, 5.41) is 10.2. The Balaban J connectivity index is 0.000000146. The van der Waals surface area contributed by atoms with E-state index in [1.807, 2.05) is 197 Å². The smallest absolute Gasteiger partial charge is 0.310 e. The van der Waals surface area contributed by atoms with Crippen LogP contribution in [-0.2, 0) is 38.2 Å². The number of ether oxygens (including phenoxy) is 18. The van der Waals surface area contributed by atoms with Crippen molar-refractivity contribution in [3.05, 3.63) is 274 Å². The molecule has 18 rings (SSSR count). The Morgan fingerprint density at radius 1 is 0.411 bits per heavy atom. The number of fused-ring (bicyclic) bond motifs is 5. The van der Waals surface area contributed by atoms with Gasteiger partial charge in [0.25, 0.3) is 0 Å². The predicted molar refractivity (Wildman–Crippen MR) is 532 cm³/mol. The van der Waals surface area contributed by atoms with Gasteiger partial charge in [-0.2, -0.15) is 0 Å². The van der Waals surface area contributed by atoms with E-state index in [9.17, 15) is 38.7 Å². The summed E-state index contributed by atoms with van der Waals surface area (Å²) in [4.78, 5) is 93.5. The SMILES string of the molecule is CC(=O)C(Br)c1ccc2c(c1)OCO2.CCC(=O)c1ccc(OC)cc1.CCOCCCN1C(=O)C(c2ccc3c(c2)OCO3)C(C)=C1c1ccc(OC)cc1.CCOCCCN1C(=O)C(c2ccc3c(c2)OCO3)C(C)C1c1ccc(OC)cc1.CCOCCCN1C(=O)[C@H](c2ccc3c(c2)OCO3)[C@@H](C(=O)O)[C@@H]1c1ccc(OC)cc1.COc1ccc(C(=O)C(C)C(C)c2ccc3c(c2)OCO3)cc1. The number of halogens is 1. The van der Waals surface area contributed by atoms with E-state index in [-0.39, 0.29) is 109 Å². The molecule has 10 atom stereocenters. The van der Waals surface area contributed by atoms with Gasteiger partial charge >= 0.3 is 5.97 Å². The number of rotatable bonds is 35. The van der Waals surface area contributed by atoms with Crippen LogP contribution in [0, 0.1) is 17.8 Å². The zero-order valence-corrected chi connectivity index (χ0v) is 83.7. The number of carbonyl (C=O) groups excluding carboxylic acids is 6. The van der Waals surface area contributed by atoms with Crippen molar-refractivity contribution in [3.8, 4) is 86.2 Å². The van der Waals surface area contributed by atoms with Crippen LogP contribution in [0.2, 0.25) is 0 Å². The van der Waals surface area contributed by atoms with Crippen LogP contribution in [0.3, 0.4) is 0 Å². The molecule has 0 aliphatic carbocycles. The van der Waals surface area contributed by atoms with E-state index >= 15 is 0 Å². The molecular weight excluding hydrogens is 1870 g/mol. The van der Waals surface area contributed by atoms with Crippen LogP contribution in [0.15, 0.2) is 218 Å². The van der Waals surface area contributed by atoms with Gasteiger partial charge < -0.3 is 105 Å². The fourth-order valence-corrected chi connectivity index (χ4v) is 18.5. The van der Waals surface area contributed by atoms with Crippen LogP contribution in [-0.4, -0.2) is 190 Å². The number of hydrogen-bond acceptors (Lipinski definition) is 25. The van der Waals surface area contributed by atoms with Crippen LogP contribution in [0.4, 0.5) is 0 Å². The summed E-state index contributed by atoms with van der Waals surface area (Å²) >= 11 is 3.31. The number of hydrogen-bond donors (Lipinski definition) is 1. The molecule has 7 unspecified atom stereocenters. The molecule has 141 heavy (non-hydrogen) atoms. The molecule has 3 amide bonds. The van der Waals surface area contributed by atoms with Gasteiger partial charge in [0.2, 0.25) is 51.7 Å². The van der Waals surface area contributed by atoms with Gasteiger partial charge in [0.15, 0.2) is 69.1 Å². The second kappa shape index (κ2) is 50.4. The highest BCUT2D eigenvalue weighted by Crippen LogP contribution is 2.52. The first-order chi connectivity index (χ1) is 68.4. The first kappa shape index (κ1) is 105. The van der Waals surface area contributed by atoms with E-state index in [0.717, 1.165) is 120 Å². The molecule has 0 bridgehead atoms. The lowest BCUT2D eigenvalue weighted by Crippen LogP contribution is -2.32. The Morgan fingerprint density at radius 3 is 1.18 bits per heavy atom. The predicted octanol–water partition coefficient (Wildman–Crippen LogP) is 20.4. The number of carbonyl (C=O) groups is 7. The largest absolute Gasteiger partial charge is 0.497 e. The lowest BCUT2D eigenvalue weighted by Gasteiger charge is -2.27. The first-order valence-electron chi connectivity index (χ1n) is 47.4. The van der Waals surface area contributed by atoms with Gasteiger partial charge in [-0.3, -0.25) is 33.6 Å². The van der Waals surface area contributed by atoms with Crippen LogP contribution >= 0.6 is 15.9 Å². The van der Waals surface area contributed by atoms with E-state index in [1.54, 1.807) is 102 Å². The molecule has 10 aromatic rings. The van der Waals surface area contributed by atoms with E-state index < -0.39 is 23.8 Å². The summed E-state index contributed by atoms with van der Waals surface area (Å²) in [7, 11) is 8.10. The average Bonchev–Trinajstić information content (AvgIpc) is 1.58. The number of carboxylic acids is 1. The third-order valence-electron chi connectivity index (χ3n) is 25.8. The zero-order valence-electron chi connectivity index (χ0n) is 82.1. The number of amides is 3. The molecule has 8 aliphatic heterocycles. The van der Waals surface area contributed by atoms with Crippen molar-refractivity contribution in [1.29, 1.82) is 0 Å². The summed E-state index contributed by atoms with van der Waals surface area (Å²) < 4.78 is 96.3. The van der Waals surface area contributed by atoms with E-state index in [4.69, 9.17) is 85.3 Å². The molecule has 746 valence electrons. The summed E-state index contributed by atoms with van der Waals surface area (Å²) in [6, 6.07) is 65.0. The van der Waals surface area contributed by atoms with Gasteiger partial charge in [-0.05, 0) is 274 Å². The van der Waals surface area contributed by atoms with Crippen LogP contribution in [0.25, 0.3) is 5.70 Å². The van der Waals surface area contributed by atoms with Gasteiger partial charge in [-0.1, -0.05) is 98.2 Å². The lowest BCUT2D eigenvalue weighted by atomic mass is 9.82. The number of likely N-dealkylation sites (tertiary alicyclic amines) is 2. The zero-order chi connectivity index (χ0) is 100. The Bertz CT molecular complexity index is 5960. The van der Waals surface area contributed by atoms with Crippen LogP contribution < -0.4 is 71.1 Å². The molecule has 0 radical (unpaired) electrons. The molecule has 0 saturated carbocycles. The van der Waals surface area contributed by atoms with Crippen molar-refractivity contribution in [2.45, 2.75) is 129 Å². The number of alkyl halides is 1. The number of nitrogens with zero attached hydrogens (tertiary/aromatic N) is 3. The molecule has 8 aliphatic rings. The number of methoxy groups -OCH3 is 5. The summed E-state index contributed by atoms with van der Waals surface area (Å²) in [5.74, 6) is 7.76. The molecule has 30 heteroatoms. The Morgan fingerprint density at radius 2 is 0.759 bits per heavy atom. The maximum absolute atomic E-state index is 13.6. The molecule has 2 saturated heterocycles. The fraction of sp³-hybridized carbons (Fsp3) is 0.378. The van der Waals surface area contributed by atoms with Gasteiger partial charge in [-0.15, -0.1) is 0 Å². The summed E-state index contributed by atoms with van der Waals surface area (Å²) in [5.41, 5.74) is 10.8. The minimum atomic E-state index is -1.02. The fourth-order valence-electron chi connectivity index (χ4n) is 18.2. The molecule has 0 spiro atoms. The first-order valence-corrected chi connectivity index (χ1v) is 48.3. The highest BCUT2D eigenvalue weighted by atomic mass is 79.9. The maximum Gasteiger partial charge on any atom is 0.310 e. The molecule has 2 fully saturated rings. The molecule has 8 heterocycles. The van der Waals surface area contributed by atoms with Crippen LogP contribution in [0.1, 0.15) is 194 Å².